The first-order valence-electron chi connectivity index (χ1n) is 5.06. The molecule has 1 aromatic rings. The molecule has 8 nitrogen and oxygen atoms in total. The molecule has 1 fully saturated rings. The molecule has 1 saturated heterocycles. The Balaban J connectivity index is 1.95. The van der Waals surface area contributed by atoms with Crippen molar-refractivity contribution in [1.29, 1.82) is 0 Å². The largest absolute Gasteiger partial charge is 0.378 e. The van der Waals surface area contributed by atoms with Gasteiger partial charge in [0.25, 0.3) is 0 Å². The van der Waals surface area contributed by atoms with Crippen molar-refractivity contribution < 1.29 is 9.42 Å². The predicted octanol–water partition coefficient (Wildman–Crippen LogP) is -1.14. The normalized spacial score (nSPS) is 17.4. The summed E-state index contributed by atoms with van der Waals surface area (Å²) in [6.45, 7) is 1.38. The van der Waals surface area contributed by atoms with Crippen molar-refractivity contribution in [3.63, 3.8) is 0 Å². The van der Waals surface area contributed by atoms with Crippen molar-refractivity contribution in [2.24, 2.45) is 11.8 Å². The Hall–Kier alpha value is -1.83. The van der Waals surface area contributed by atoms with Gasteiger partial charge in [-0.1, -0.05) is 0 Å². The zero-order chi connectivity index (χ0) is 11.5. The molecule has 5 N–H and O–H groups in total. The minimum atomic E-state index is -0.120. The van der Waals surface area contributed by atoms with Crippen LogP contribution in [0.15, 0.2) is 4.63 Å². The number of carbonyl (C=O) groups excluding carboxylic acids is 1. The van der Waals surface area contributed by atoms with E-state index in [4.69, 9.17) is 11.6 Å². The smallest absolute Gasteiger partial charge is 0.237 e. The van der Waals surface area contributed by atoms with Gasteiger partial charge in [0.05, 0.1) is 0 Å². The molecule has 1 amide bonds. The number of piperidine rings is 1. The molecule has 0 radical (unpaired) electrons. The molecule has 0 spiro atoms. The molecular weight excluding hydrogens is 212 g/mol. The molecule has 0 unspecified atom stereocenters. The Labute approximate surface area is 91.9 Å². The molecule has 0 atom stereocenters. The van der Waals surface area contributed by atoms with Crippen LogP contribution in [-0.2, 0) is 4.79 Å². The van der Waals surface area contributed by atoms with Crippen molar-refractivity contribution >= 4 is 17.5 Å². The van der Waals surface area contributed by atoms with Crippen LogP contribution in [0.3, 0.4) is 0 Å². The first-order valence-corrected chi connectivity index (χ1v) is 5.06. The van der Waals surface area contributed by atoms with Crippen LogP contribution in [0.5, 0.6) is 0 Å². The number of nitrogens with zero attached hydrogens (tertiary/aromatic N) is 3. The minimum Gasteiger partial charge on any atom is -0.378 e. The van der Waals surface area contributed by atoms with Crippen LogP contribution in [-0.4, -0.2) is 29.3 Å². The number of nitrogen functional groups attached to an aromatic ring is 1. The number of anilines is 2. The van der Waals surface area contributed by atoms with Gasteiger partial charge in [-0.3, -0.25) is 10.2 Å². The zero-order valence-corrected chi connectivity index (χ0v) is 8.72. The van der Waals surface area contributed by atoms with Crippen molar-refractivity contribution in [3.05, 3.63) is 0 Å². The van der Waals surface area contributed by atoms with Crippen LogP contribution in [0.2, 0.25) is 0 Å². The molecule has 0 aromatic carbocycles. The summed E-state index contributed by atoms with van der Waals surface area (Å²) in [7, 11) is 0. The maximum absolute atomic E-state index is 11.3. The van der Waals surface area contributed by atoms with Crippen molar-refractivity contribution in [2.75, 3.05) is 23.7 Å². The number of carbonyl (C=O) groups is 1. The highest BCUT2D eigenvalue weighted by molar-refractivity contribution is 5.78. The third-order valence-electron chi connectivity index (χ3n) is 2.80. The third kappa shape index (κ3) is 1.91. The van der Waals surface area contributed by atoms with Crippen LogP contribution in [0.4, 0.5) is 11.6 Å². The zero-order valence-electron chi connectivity index (χ0n) is 8.72. The Kier molecular flexibility index (Phi) is 2.91. The Morgan fingerprint density at radius 3 is 2.62 bits per heavy atom. The predicted molar refractivity (Wildman–Crippen MR) is 56.0 cm³/mol. The molecular formula is C8H14N6O2. The Bertz CT molecular complexity index is 370. The van der Waals surface area contributed by atoms with E-state index in [1.54, 1.807) is 0 Å². The van der Waals surface area contributed by atoms with Gasteiger partial charge >= 0.3 is 0 Å². The number of nitrogens with two attached hydrogens (primary N) is 2. The molecule has 88 valence electrons. The first kappa shape index (κ1) is 10.7. The molecule has 1 aliphatic rings. The number of aromatic nitrogens is 2. The second-order valence-electron chi connectivity index (χ2n) is 3.74. The topological polar surface area (TPSA) is 123 Å². The van der Waals surface area contributed by atoms with Gasteiger partial charge in [0.15, 0.2) is 0 Å². The van der Waals surface area contributed by atoms with Crippen molar-refractivity contribution in [3.8, 4) is 0 Å². The maximum Gasteiger partial charge on any atom is 0.237 e. The van der Waals surface area contributed by atoms with Gasteiger partial charge in [-0.25, -0.2) is 10.5 Å². The van der Waals surface area contributed by atoms with Gasteiger partial charge < -0.3 is 10.6 Å². The fraction of sp³-hybridized carbons (Fsp3) is 0.625. The van der Waals surface area contributed by atoms with E-state index >= 15 is 0 Å². The second kappa shape index (κ2) is 4.35. The summed E-state index contributed by atoms with van der Waals surface area (Å²) < 4.78 is 4.53. The molecule has 8 heteroatoms. The standard InChI is InChI=1S/C8H14N6O2/c9-6-7(13-16-12-6)14-3-1-5(2-4-14)8(15)11-10/h5H,1-4,10H2,(H2,9,12)(H,11,15). The molecule has 0 aliphatic carbocycles. The summed E-state index contributed by atoms with van der Waals surface area (Å²) in [5, 5.41) is 7.23. The highest BCUT2D eigenvalue weighted by atomic mass is 16.6. The summed E-state index contributed by atoms with van der Waals surface area (Å²) in [6, 6.07) is 0. The lowest BCUT2D eigenvalue weighted by molar-refractivity contribution is -0.125. The van der Waals surface area contributed by atoms with E-state index in [9.17, 15) is 4.79 Å². The molecule has 2 heterocycles. The van der Waals surface area contributed by atoms with E-state index in [-0.39, 0.29) is 17.6 Å². The van der Waals surface area contributed by atoms with E-state index < -0.39 is 0 Å². The Morgan fingerprint density at radius 1 is 1.44 bits per heavy atom. The number of hydrazine groups is 1. The summed E-state index contributed by atoms with van der Waals surface area (Å²) in [5.41, 5.74) is 7.75. The van der Waals surface area contributed by atoms with Gasteiger partial charge in [0, 0.05) is 19.0 Å². The molecule has 1 aliphatic heterocycles. The van der Waals surface area contributed by atoms with Crippen molar-refractivity contribution in [2.45, 2.75) is 12.8 Å². The van der Waals surface area contributed by atoms with Gasteiger partial charge in [-0.2, -0.15) is 0 Å². The second-order valence-corrected chi connectivity index (χ2v) is 3.74. The number of nitrogens with one attached hydrogen (secondary N) is 1. The van der Waals surface area contributed by atoms with E-state index in [1.807, 2.05) is 4.90 Å². The highest BCUT2D eigenvalue weighted by Crippen LogP contribution is 2.24. The fourth-order valence-corrected chi connectivity index (χ4v) is 1.88. The van der Waals surface area contributed by atoms with Crippen LogP contribution in [0.25, 0.3) is 0 Å². The number of hydrogen-bond acceptors (Lipinski definition) is 7. The quantitative estimate of drug-likeness (QED) is 0.331. The van der Waals surface area contributed by atoms with Gasteiger partial charge in [0.1, 0.15) is 0 Å². The van der Waals surface area contributed by atoms with E-state index in [1.165, 1.54) is 0 Å². The van der Waals surface area contributed by atoms with Crippen molar-refractivity contribution in [1.82, 2.24) is 15.7 Å². The average Bonchev–Trinajstić information content (AvgIpc) is 2.75. The third-order valence-corrected chi connectivity index (χ3v) is 2.80. The molecule has 0 saturated carbocycles. The van der Waals surface area contributed by atoms with Gasteiger partial charge in [-0.05, 0) is 23.2 Å². The number of amides is 1. The highest BCUT2D eigenvalue weighted by Gasteiger charge is 2.27. The fourth-order valence-electron chi connectivity index (χ4n) is 1.88. The summed E-state index contributed by atoms with van der Waals surface area (Å²) in [6.07, 6.45) is 1.44. The first-order chi connectivity index (χ1) is 7.72. The lowest BCUT2D eigenvalue weighted by atomic mass is 9.96. The van der Waals surface area contributed by atoms with Crippen LogP contribution >= 0.6 is 0 Å². The van der Waals surface area contributed by atoms with Crippen LogP contribution in [0.1, 0.15) is 12.8 Å². The molecule has 16 heavy (non-hydrogen) atoms. The SMILES string of the molecule is NNC(=O)C1CCN(c2nonc2N)CC1. The number of rotatable bonds is 2. The summed E-state index contributed by atoms with van der Waals surface area (Å²) in [5.74, 6) is 5.75. The lowest BCUT2D eigenvalue weighted by Gasteiger charge is -2.30. The molecule has 2 rings (SSSR count). The van der Waals surface area contributed by atoms with E-state index in [2.05, 4.69) is 20.4 Å². The lowest BCUT2D eigenvalue weighted by Crippen LogP contribution is -2.43. The maximum atomic E-state index is 11.3. The van der Waals surface area contributed by atoms with Crippen LogP contribution in [0, 0.1) is 5.92 Å². The monoisotopic (exact) mass is 226 g/mol. The van der Waals surface area contributed by atoms with E-state index in [0.717, 1.165) is 12.8 Å². The minimum absolute atomic E-state index is 0.0395. The Morgan fingerprint density at radius 2 is 2.12 bits per heavy atom. The van der Waals surface area contributed by atoms with Gasteiger partial charge in [-0.15, -0.1) is 0 Å². The average molecular weight is 226 g/mol. The summed E-state index contributed by atoms with van der Waals surface area (Å²) >= 11 is 0. The summed E-state index contributed by atoms with van der Waals surface area (Å²) in [4.78, 5) is 13.3. The van der Waals surface area contributed by atoms with E-state index in [0.29, 0.717) is 18.9 Å². The van der Waals surface area contributed by atoms with Crippen LogP contribution < -0.4 is 21.9 Å². The molecule has 0 bridgehead atoms. The van der Waals surface area contributed by atoms with Gasteiger partial charge in [0.2, 0.25) is 17.5 Å². The number of hydrogen-bond donors (Lipinski definition) is 3. The molecule has 1 aromatic heterocycles.